The number of nitrogens with one attached hydrogen (secondary N) is 2. The van der Waals surface area contributed by atoms with E-state index in [4.69, 9.17) is 4.74 Å². The predicted octanol–water partition coefficient (Wildman–Crippen LogP) is 3.24. The monoisotopic (exact) mass is 428 g/mol. The number of carbonyl (C=O) groups is 1. The average molecular weight is 428 g/mol. The third-order valence-corrected chi connectivity index (χ3v) is 5.85. The number of hydrogen-bond acceptors (Lipinski definition) is 4. The van der Waals surface area contributed by atoms with Gasteiger partial charge in [-0.25, -0.2) is 17.5 Å². The van der Waals surface area contributed by atoms with Crippen molar-refractivity contribution in [3.05, 3.63) is 95.3 Å². The maximum atomic E-state index is 13.7. The van der Waals surface area contributed by atoms with E-state index >= 15 is 0 Å². The van der Waals surface area contributed by atoms with Gasteiger partial charge in [0.25, 0.3) is 5.91 Å². The summed E-state index contributed by atoms with van der Waals surface area (Å²) in [4.78, 5) is 12.0. The third kappa shape index (κ3) is 5.22. The minimum absolute atomic E-state index is 0.0184. The van der Waals surface area contributed by atoms with Gasteiger partial charge in [-0.05, 0) is 35.4 Å². The molecule has 0 radical (unpaired) electrons. The zero-order valence-electron chi connectivity index (χ0n) is 16.3. The molecular formula is C22H21FN2O4S. The molecule has 0 bridgehead atoms. The highest BCUT2D eigenvalue weighted by Gasteiger charge is 2.18. The van der Waals surface area contributed by atoms with Gasteiger partial charge in [-0.1, -0.05) is 48.5 Å². The molecule has 0 aliphatic heterocycles. The van der Waals surface area contributed by atoms with Crippen LogP contribution in [0.2, 0.25) is 0 Å². The summed E-state index contributed by atoms with van der Waals surface area (Å²) in [5.74, 6) is -0.562. The van der Waals surface area contributed by atoms with Gasteiger partial charge in [-0.2, -0.15) is 0 Å². The van der Waals surface area contributed by atoms with Crippen LogP contribution in [0, 0.1) is 5.82 Å². The molecule has 3 rings (SSSR count). The molecule has 0 aliphatic carbocycles. The van der Waals surface area contributed by atoms with E-state index in [1.165, 1.54) is 25.3 Å². The van der Waals surface area contributed by atoms with Gasteiger partial charge >= 0.3 is 0 Å². The van der Waals surface area contributed by atoms with Gasteiger partial charge in [0.1, 0.15) is 16.5 Å². The van der Waals surface area contributed by atoms with Crippen molar-refractivity contribution in [2.75, 3.05) is 7.11 Å². The quantitative estimate of drug-likeness (QED) is 0.577. The lowest BCUT2D eigenvalue weighted by molar-refractivity contribution is 0.0948. The summed E-state index contributed by atoms with van der Waals surface area (Å²) < 4.78 is 45.8. The van der Waals surface area contributed by atoms with Crippen LogP contribution >= 0.6 is 0 Å². The maximum Gasteiger partial charge on any atom is 0.255 e. The van der Waals surface area contributed by atoms with Crippen molar-refractivity contribution < 1.29 is 22.3 Å². The second-order valence-corrected chi connectivity index (χ2v) is 8.19. The van der Waals surface area contributed by atoms with Gasteiger partial charge in [0.2, 0.25) is 10.0 Å². The highest BCUT2D eigenvalue weighted by atomic mass is 32.2. The minimum Gasteiger partial charge on any atom is -0.496 e. The Morgan fingerprint density at radius 3 is 2.17 bits per heavy atom. The molecule has 30 heavy (non-hydrogen) atoms. The van der Waals surface area contributed by atoms with Gasteiger partial charge in [-0.15, -0.1) is 0 Å². The number of ether oxygens (including phenoxy) is 1. The molecule has 0 unspecified atom stereocenters. The Morgan fingerprint density at radius 1 is 0.900 bits per heavy atom. The second kappa shape index (κ2) is 9.51. The first kappa shape index (κ1) is 21.5. The molecule has 0 spiro atoms. The summed E-state index contributed by atoms with van der Waals surface area (Å²) in [6.07, 6.45) is 0. The zero-order valence-corrected chi connectivity index (χ0v) is 17.1. The number of amides is 1. The summed E-state index contributed by atoms with van der Waals surface area (Å²) in [6.45, 7) is 0.322. The normalized spacial score (nSPS) is 11.1. The Kier molecular flexibility index (Phi) is 6.81. The first-order chi connectivity index (χ1) is 14.4. The Morgan fingerprint density at radius 2 is 1.50 bits per heavy atom. The van der Waals surface area contributed by atoms with Crippen molar-refractivity contribution in [1.29, 1.82) is 0 Å². The molecule has 0 aliphatic rings. The van der Waals surface area contributed by atoms with Crippen LogP contribution in [0.5, 0.6) is 5.75 Å². The van der Waals surface area contributed by atoms with Crippen molar-refractivity contribution in [1.82, 2.24) is 10.0 Å². The van der Waals surface area contributed by atoms with E-state index in [0.717, 1.165) is 11.6 Å². The second-order valence-electron chi connectivity index (χ2n) is 6.45. The number of benzene rings is 3. The highest BCUT2D eigenvalue weighted by molar-refractivity contribution is 7.89. The van der Waals surface area contributed by atoms with Crippen LogP contribution in [0.4, 0.5) is 4.39 Å². The number of halogens is 1. The summed E-state index contributed by atoms with van der Waals surface area (Å²) >= 11 is 0. The van der Waals surface area contributed by atoms with Crippen LogP contribution in [-0.2, 0) is 23.1 Å². The van der Waals surface area contributed by atoms with Crippen molar-refractivity contribution in [2.24, 2.45) is 0 Å². The van der Waals surface area contributed by atoms with Crippen LogP contribution in [0.1, 0.15) is 21.5 Å². The predicted molar refractivity (Wildman–Crippen MR) is 111 cm³/mol. The Balaban J connectivity index is 1.58. The van der Waals surface area contributed by atoms with Gasteiger partial charge in [0.15, 0.2) is 0 Å². The Bertz CT molecular complexity index is 1130. The summed E-state index contributed by atoms with van der Waals surface area (Å²) in [7, 11) is -2.45. The highest BCUT2D eigenvalue weighted by Crippen LogP contribution is 2.17. The smallest absolute Gasteiger partial charge is 0.255 e. The number of para-hydroxylation sites is 1. The fraction of sp³-hybridized carbons (Fsp3) is 0.136. The van der Waals surface area contributed by atoms with E-state index in [2.05, 4.69) is 10.0 Å². The Labute approximate surface area is 174 Å². The molecule has 0 atom stereocenters. The minimum atomic E-state index is -3.95. The third-order valence-electron chi connectivity index (χ3n) is 4.42. The van der Waals surface area contributed by atoms with E-state index in [0.29, 0.717) is 23.4 Å². The first-order valence-corrected chi connectivity index (χ1v) is 10.6. The summed E-state index contributed by atoms with van der Waals surface area (Å²) in [5.41, 5.74) is 1.99. The van der Waals surface area contributed by atoms with E-state index < -0.39 is 15.8 Å². The zero-order chi connectivity index (χ0) is 21.6. The molecular weight excluding hydrogens is 407 g/mol. The lowest BCUT2D eigenvalue weighted by atomic mass is 10.1. The van der Waals surface area contributed by atoms with Crippen LogP contribution < -0.4 is 14.8 Å². The van der Waals surface area contributed by atoms with Gasteiger partial charge in [0, 0.05) is 13.1 Å². The largest absolute Gasteiger partial charge is 0.496 e. The molecule has 0 aromatic heterocycles. The fourth-order valence-corrected chi connectivity index (χ4v) is 3.90. The number of carbonyl (C=O) groups excluding carboxylic acids is 1. The number of hydrogen-bond donors (Lipinski definition) is 2. The molecule has 0 saturated carbocycles. The molecule has 3 aromatic rings. The van der Waals surface area contributed by atoms with Crippen LogP contribution in [0.15, 0.2) is 77.7 Å². The Hall–Kier alpha value is -3.23. The van der Waals surface area contributed by atoms with Crippen molar-refractivity contribution >= 4 is 15.9 Å². The molecule has 0 saturated heterocycles. The van der Waals surface area contributed by atoms with Gasteiger partial charge in [-0.3, -0.25) is 4.79 Å². The van der Waals surface area contributed by atoms with Crippen molar-refractivity contribution in [3.63, 3.8) is 0 Å². The van der Waals surface area contributed by atoms with Gasteiger partial charge in [0.05, 0.1) is 12.7 Å². The lowest BCUT2D eigenvalue weighted by Gasteiger charge is -2.10. The van der Waals surface area contributed by atoms with E-state index in [-0.39, 0.29) is 17.3 Å². The van der Waals surface area contributed by atoms with Crippen LogP contribution in [0.25, 0.3) is 0 Å². The molecule has 2 N–H and O–H groups in total. The molecule has 0 fully saturated rings. The van der Waals surface area contributed by atoms with Crippen LogP contribution in [-0.4, -0.2) is 21.4 Å². The standard InChI is InChI=1S/C22H21FN2O4S/c1-29-20-8-4-2-6-18(20)22(26)24-14-16-10-12-17(13-11-16)15-25-30(27,28)21-9-5-3-7-19(21)23/h2-13,25H,14-15H2,1H3,(H,24,26). The lowest BCUT2D eigenvalue weighted by Crippen LogP contribution is -2.24. The number of methoxy groups -OCH3 is 1. The summed E-state index contributed by atoms with van der Waals surface area (Å²) in [6, 6.07) is 19.2. The topological polar surface area (TPSA) is 84.5 Å². The molecule has 3 aromatic carbocycles. The maximum absolute atomic E-state index is 13.7. The molecule has 8 heteroatoms. The number of rotatable bonds is 8. The van der Waals surface area contributed by atoms with Gasteiger partial charge < -0.3 is 10.1 Å². The SMILES string of the molecule is COc1ccccc1C(=O)NCc1ccc(CNS(=O)(=O)c2ccccc2F)cc1. The molecule has 1 amide bonds. The number of sulfonamides is 1. The fourth-order valence-electron chi connectivity index (χ4n) is 2.80. The van der Waals surface area contributed by atoms with E-state index in [1.807, 2.05) is 0 Å². The van der Waals surface area contributed by atoms with E-state index in [1.54, 1.807) is 48.5 Å². The molecule has 6 nitrogen and oxygen atoms in total. The molecule has 156 valence electrons. The molecule has 0 heterocycles. The van der Waals surface area contributed by atoms with Crippen molar-refractivity contribution in [2.45, 2.75) is 18.0 Å². The first-order valence-electron chi connectivity index (χ1n) is 9.14. The average Bonchev–Trinajstić information content (AvgIpc) is 2.77. The van der Waals surface area contributed by atoms with Crippen molar-refractivity contribution in [3.8, 4) is 5.75 Å². The van der Waals surface area contributed by atoms with E-state index in [9.17, 15) is 17.6 Å². The van der Waals surface area contributed by atoms with Crippen LogP contribution in [0.3, 0.4) is 0 Å². The summed E-state index contributed by atoms with van der Waals surface area (Å²) in [5, 5.41) is 2.82.